The molecule has 2 aliphatic rings. The van der Waals surface area contributed by atoms with Gasteiger partial charge in [-0.3, -0.25) is 4.79 Å². The molecule has 0 amide bonds. The maximum Gasteiger partial charge on any atom is 0.323 e. The third kappa shape index (κ3) is 8.88. The number of esters is 1. The Morgan fingerprint density at radius 2 is 1.53 bits per heavy atom. The van der Waals surface area contributed by atoms with Gasteiger partial charge in [0, 0.05) is 12.0 Å². The van der Waals surface area contributed by atoms with Gasteiger partial charge in [0.1, 0.15) is 12.1 Å². The fourth-order valence-corrected chi connectivity index (χ4v) is 6.08. The maximum atomic E-state index is 12.9. The molecular weight excluding hydrogens is 393 g/mol. The Morgan fingerprint density at radius 1 is 0.969 bits per heavy atom. The van der Waals surface area contributed by atoms with E-state index >= 15 is 0 Å². The molecule has 2 atom stereocenters. The lowest BCUT2D eigenvalue weighted by molar-refractivity contribution is -0.144. The number of rotatable bonds is 14. The molecule has 0 radical (unpaired) electrons. The van der Waals surface area contributed by atoms with Gasteiger partial charge in [-0.25, -0.2) is 0 Å². The number of allylic oxidation sites excluding steroid dienone is 1. The van der Waals surface area contributed by atoms with Crippen molar-refractivity contribution in [2.24, 2.45) is 5.41 Å². The third-order valence-electron chi connectivity index (χ3n) is 7.69. The van der Waals surface area contributed by atoms with Crippen LogP contribution in [0.4, 0.5) is 0 Å². The van der Waals surface area contributed by atoms with Gasteiger partial charge in [-0.15, -0.1) is 0 Å². The summed E-state index contributed by atoms with van der Waals surface area (Å²) in [6, 6.07) is -0.0868. The van der Waals surface area contributed by atoms with Crippen LogP contribution < -0.4 is 0 Å². The van der Waals surface area contributed by atoms with Crippen molar-refractivity contribution in [2.75, 3.05) is 0 Å². The largest absolute Gasteiger partial charge is 0.457 e. The van der Waals surface area contributed by atoms with Crippen LogP contribution in [0.25, 0.3) is 0 Å². The normalized spacial score (nSPS) is 24.8. The molecule has 0 saturated carbocycles. The molecule has 0 N–H and O–H groups in total. The first-order valence-electron chi connectivity index (χ1n) is 13.8. The van der Waals surface area contributed by atoms with E-state index in [1.54, 1.807) is 0 Å². The number of carbonyl (C=O) groups is 1. The lowest BCUT2D eigenvalue weighted by Crippen LogP contribution is -2.55. The van der Waals surface area contributed by atoms with E-state index in [1.807, 2.05) is 0 Å². The summed E-state index contributed by atoms with van der Waals surface area (Å²) in [7, 11) is 1.04. The summed E-state index contributed by atoms with van der Waals surface area (Å²) in [6.45, 7) is 13.9. The molecule has 1 fully saturated rings. The van der Waals surface area contributed by atoms with Crippen molar-refractivity contribution >= 4 is 13.4 Å². The summed E-state index contributed by atoms with van der Waals surface area (Å²) in [6.07, 6.45) is 22.3. The van der Waals surface area contributed by atoms with E-state index < -0.39 is 0 Å². The second kappa shape index (κ2) is 13.2. The van der Waals surface area contributed by atoms with Crippen LogP contribution in [0.3, 0.4) is 0 Å². The average Bonchev–Trinajstić information content (AvgIpc) is 3.09. The van der Waals surface area contributed by atoms with Crippen molar-refractivity contribution in [3.63, 3.8) is 0 Å². The standard InChI is InChI=1S/C28H52BNO2/c1-7-9-11-13-15-17-23(18-16-14-12-10-8-2)29-30-25-21-24(32-26(25)31)19-20-27(3,4)22-28(30,5)6/h19-20,23-25,29H,7-18,21-22H2,1-6H3. The highest BCUT2D eigenvalue weighted by Crippen LogP contribution is 2.40. The van der Waals surface area contributed by atoms with E-state index in [1.165, 1.54) is 77.0 Å². The third-order valence-corrected chi connectivity index (χ3v) is 7.69. The van der Waals surface area contributed by atoms with E-state index in [0.717, 1.165) is 20.3 Å². The van der Waals surface area contributed by atoms with Gasteiger partial charge in [-0.2, -0.15) is 0 Å². The summed E-state index contributed by atoms with van der Waals surface area (Å²) in [4.78, 5) is 15.4. The van der Waals surface area contributed by atoms with Crippen molar-refractivity contribution in [2.45, 2.75) is 155 Å². The molecule has 3 nitrogen and oxygen atoms in total. The Morgan fingerprint density at radius 3 is 2.09 bits per heavy atom. The summed E-state index contributed by atoms with van der Waals surface area (Å²) < 4.78 is 5.78. The van der Waals surface area contributed by atoms with Gasteiger partial charge in [0.05, 0.1) is 0 Å². The van der Waals surface area contributed by atoms with Crippen LogP contribution in [-0.2, 0) is 9.53 Å². The van der Waals surface area contributed by atoms with Crippen molar-refractivity contribution in [3.8, 4) is 0 Å². The molecule has 0 aliphatic carbocycles. The highest BCUT2D eigenvalue weighted by atomic mass is 16.6. The molecule has 0 aromatic rings. The summed E-state index contributed by atoms with van der Waals surface area (Å²) in [5.74, 6) is 0.679. The maximum absolute atomic E-state index is 12.9. The molecule has 0 aromatic carbocycles. The van der Waals surface area contributed by atoms with E-state index in [4.69, 9.17) is 4.74 Å². The number of hydrogen-bond donors (Lipinski definition) is 0. The summed E-state index contributed by atoms with van der Waals surface area (Å²) in [5, 5.41) is 0. The van der Waals surface area contributed by atoms with Gasteiger partial charge in [0.15, 0.2) is 0 Å². The number of ether oxygens (including phenoxy) is 1. The quantitative estimate of drug-likeness (QED) is 0.119. The number of carbonyl (C=O) groups excluding carboxylic acids is 1. The van der Waals surface area contributed by atoms with E-state index in [2.05, 4.69) is 58.5 Å². The SMILES string of the molecule is CCCCCCCC(BN1C2CC(C=CC(C)(C)CC1(C)C)OC2=O)CCCCCCC. The smallest absolute Gasteiger partial charge is 0.323 e. The number of unbranched alkanes of at least 4 members (excludes halogenated alkanes) is 8. The van der Waals surface area contributed by atoms with Crippen LogP contribution in [0.2, 0.25) is 5.82 Å². The lowest BCUT2D eigenvalue weighted by atomic mass is 9.64. The van der Waals surface area contributed by atoms with Crippen molar-refractivity contribution in [1.82, 2.24) is 4.81 Å². The summed E-state index contributed by atoms with van der Waals surface area (Å²) >= 11 is 0. The lowest BCUT2D eigenvalue weighted by Gasteiger charge is -2.46. The van der Waals surface area contributed by atoms with Crippen LogP contribution in [0, 0.1) is 5.41 Å². The molecule has 2 unspecified atom stereocenters. The molecule has 184 valence electrons. The van der Waals surface area contributed by atoms with Crippen molar-refractivity contribution in [1.29, 1.82) is 0 Å². The van der Waals surface area contributed by atoms with Gasteiger partial charge in [0.25, 0.3) is 0 Å². The number of hydrogen-bond acceptors (Lipinski definition) is 3. The Balaban J connectivity index is 2.11. The molecule has 1 saturated heterocycles. The first kappa shape index (κ1) is 27.5. The average molecular weight is 446 g/mol. The predicted molar refractivity (Wildman–Crippen MR) is 139 cm³/mol. The Labute approximate surface area is 200 Å². The summed E-state index contributed by atoms with van der Waals surface area (Å²) in [5.41, 5.74) is 0.0772. The first-order valence-corrected chi connectivity index (χ1v) is 13.8. The van der Waals surface area contributed by atoms with E-state index in [9.17, 15) is 4.79 Å². The Bertz CT molecular complexity index is 572. The van der Waals surface area contributed by atoms with Crippen LogP contribution in [0.15, 0.2) is 12.2 Å². The van der Waals surface area contributed by atoms with Gasteiger partial charge < -0.3 is 9.55 Å². The monoisotopic (exact) mass is 445 g/mol. The fourth-order valence-electron chi connectivity index (χ4n) is 6.08. The molecule has 2 bridgehead atoms. The minimum absolute atomic E-state index is 0.00271. The zero-order valence-corrected chi connectivity index (χ0v) is 22.3. The second-order valence-corrected chi connectivity index (χ2v) is 12.0. The minimum atomic E-state index is -0.0868. The number of fused-ring (bicyclic) bond motifs is 2. The molecule has 32 heavy (non-hydrogen) atoms. The molecule has 2 heterocycles. The van der Waals surface area contributed by atoms with Gasteiger partial charge in [-0.1, -0.05) is 117 Å². The number of nitrogens with zero attached hydrogens (tertiary/aromatic N) is 1. The highest BCUT2D eigenvalue weighted by Gasteiger charge is 2.46. The van der Waals surface area contributed by atoms with E-state index in [-0.39, 0.29) is 29.1 Å². The fraction of sp³-hybridized carbons (Fsp3) is 0.893. The van der Waals surface area contributed by atoms with Crippen LogP contribution >= 0.6 is 0 Å². The van der Waals surface area contributed by atoms with Gasteiger partial charge >= 0.3 is 5.97 Å². The minimum Gasteiger partial charge on any atom is -0.457 e. The molecule has 2 rings (SSSR count). The van der Waals surface area contributed by atoms with Gasteiger partial charge in [0.2, 0.25) is 7.41 Å². The Hall–Kier alpha value is -0.765. The zero-order chi connectivity index (χ0) is 23.6. The Kier molecular flexibility index (Phi) is 11.3. The van der Waals surface area contributed by atoms with Crippen LogP contribution in [-0.4, -0.2) is 35.9 Å². The highest BCUT2D eigenvalue weighted by molar-refractivity contribution is 6.35. The van der Waals surface area contributed by atoms with Crippen LogP contribution in [0.5, 0.6) is 0 Å². The van der Waals surface area contributed by atoms with Gasteiger partial charge in [-0.05, 0) is 31.8 Å². The molecular formula is C28H52BNO2. The van der Waals surface area contributed by atoms with Crippen molar-refractivity contribution < 1.29 is 9.53 Å². The first-order chi connectivity index (χ1) is 15.2. The molecule has 4 heteroatoms. The second-order valence-electron chi connectivity index (χ2n) is 12.0. The molecule has 0 aromatic heterocycles. The van der Waals surface area contributed by atoms with Crippen LogP contribution in [0.1, 0.15) is 131 Å². The molecule has 0 spiro atoms. The van der Waals surface area contributed by atoms with Crippen molar-refractivity contribution in [3.05, 3.63) is 12.2 Å². The topological polar surface area (TPSA) is 29.5 Å². The predicted octanol–water partition coefficient (Wildman–Crippen LogP) is 7.60. The molecule has 2 aliphatic heterocycles. The zero-order valence-electron chi connectivity index (χ0n) is 22.3. The van der Waals surface area contributed by atoms with E-state index in [0.29, 0.717) is 5.82 Å².